The second-order valence-corrected chi connectivity index (χ2v) is 9.62. The van der Waals surface area contributed by atoms with E-state index >= 15 is 0 Å². The van der Waals surface area contributed by atoms with Crippen molar-refractivity contribution in [1.82, 2.24) is 14.9 Å². The number of carbonyl (C=O) groups excluding carboxylic acids is 2. The van der Waals surface area contributed by atoms with Gasteiger partial charge in [0, 0.05) is 31.0 Å². The molecule has 2 N–H and O–H groups in total. The van der Waals surface area contributed by atoms with E-state index in [0.717, 1.165) is 34.2 Å². The molecule has 0 saturated carbocycles. The standard InChI is InChI=1S/C24H23F3N6O2S/c1-13-21(36-31-30-13)22(34)28-14-7-8-18-20(12-14)32(2)17-6-4-3-5-16(17)19-11-15(9-10-33(18)19)29-23(35)24(25,26)27/h3-8,12,15,19H,9-11H2,1-2H3,(H,28,34)(H,29,35)/t15-,19-/m0/s1. The van der Waals surface area contributed by atoms with Crippen molar-refractivity contribution in [3.63, 3.8) is 0 Å². The first-order valence-electron chi connectivity index (χ1n) is 11.3. The topological polar surface area (TPSA) is 90.5 Å². The van der Waals surface area contributed by atoms with Crippen molar-refractivity contribution < 1.29 is 22.8 Å². The van der Waals surface area contributed by atoms with Gasteiger partial charge < -0.3 is 20.4 Å². The van der Waals surface area contributed by atoms with Crippen LogP contribution in [0.1, 0.15) is 39.8 Å². The number of piperidine rings is 1. The summed E-state index contributed by atoms with van der Waals surface area (Å²) in [6, 6.07) is 12.5. The molecule has 2 atom stereocenters. The van der Waals surface area contributed by atoms with Crippen molar-refractivity contribution in [1.29, 1.82) is 0 Å². The predicted octanol–water partition coefficient (Wildman–Crippen LogP) is 4.57. The third kappa shape index (κ3) is 4.36. The molecule has 5 rings (SSSR count). The smallest absolute Gasteiger partial charge is 0.363 e. The molecule has 1 saturated heterocycles. The zero-order valence-electron chi connectivity index (χ0n) is 19.5. The van der Waals surface area contributed by atoms with Crippen LogP contribution in [0.5, 0.6) is 0 Å². The van der Waals surface area contributed by atoms with Crippen LogP contribution in [0.15, 0.2) is 42.5 Å². The number of rotatable bonds is 3. The number of carbonyl (C=O) groups is 2. The van der Waals surface area contributed by atoms with Crippen molar-refractivity contribution in [2.75, 3.05) is 28.7 Å². The van der Waals surface area contributed by atoms with Crippen molar-refractivity contribution in [2.45, 2.75) is 38.0 Å². The Bertz CT molecular complexity index is 1330. The van der Waals surface area contributed by atoms with Crippen LogP contribution < -0.4 is 20.4 Å². The zero-order valence-corrected chi connectivity index (χ0v) is 20.3. The first kappa shape index (κ1) is 24.0. The fourth-order valence-electron chi connectivity index (χ4n) is 4.89. The molecule has 0 bridgehead atoms. The Kier molecular flexibility index (Phi) is 6.07. The average Bonchev–Trinajstić information content (AvgIpc) is 3.25. The monoisotopic (exact) mass is 516 g/mol. The fourth-order valence-corrected chi connectivity index (χ4v) is 5.44. The quantitative estimate of drug-likeness (QED) is 0.530. The molecule has 1 fully saturated rings. The number of nitrogens with zero attached hydrogens (tertiary/aromatic N) is 4. The number of anilines is 4. The highest BCUT2D eigenvalue weighted by Crippen LogP contribution is 2.48. The van der Waals surface area contributed by atoms with Crippen molar-refractivity contribution >= 4 is 46.1 Å². The number of amides is 2. The van der Waals surface area contributed by atoms with Crippen LogP contribution in [0.3, 0.4) is 0 Å². The number of hydrogen-bond donors (Lipinski definition) is 2. The SMILES string of the molecule is Cc1nnsc1C(=O)Nc1ccc2c(c1)N(C)c1ccccc1[C@@H]1C[C@@H](NC(=O)C(F)(F)F)CCN21. The number of nitrogens with one attached hydrogen (secondary N) is 2. The van der Waals surface area contributed by atoms with Crippen LogP contribution in [0.2, 0.25) is 0 Å². The molecule has 8 nitrogen and oxygen atoms in total. The molecule has 36 heavy (non-hydrogen) atoms. The van der Waals surface area contributed by atoms with Crippen LogP contribution in [0.25, 0.3) is 0 Å². The molecule has 0 aliphatic carbocycles. The van der Waals surface area contributed by atoms with Gasteiger partial charge in [0.25, 0.3) is 5.91 Å². The Balaban J connectivity index is 1.48. The van der Waals surface area contributed by atoms with E-state index in [9.17, 15) is 22.8 Å². The average molecular weight is 517 g/mol. The van der Waals surface area contributed by atoms with Gasteiger partial charge >= 0.3 is 12.1 Å². The van der Waals surface area contributed by atoms with E-state index in [4.69, 9.17) is 0 Å². The Morgan fingerprint density at radius 1 is 1.11 bits per heavy atom. The third-order valence-corrected chi connectivity index (χ3v) is 7.44. The van der Waals surface area contributed by atoms with Gasteiger partial charge in [0.1, 0.15) is 4.88 Å². The molecule has 3 heterocycles. The van der Waals surface area contributed by atoms with Gasteiger partial charge in [-0.05, 0) is 61.1 Å². The minimum Gasteiger partial charge on any atom is -0.363 e. The number of halogens is 3. The Morgan fingerprint density at radius 3 is 2.61 bits per heavy atom. The highest BCUT2D eigenvalue weighted by Gasteiger charge is 2.42. The largest absolute Gasteiger partial charge is 0.471 e. The maximum atomic E-state index is 12.9. The van der Waals surface area contributed by atoms with E-state index in [-0.39, 0.29) is 11.9 Å². The summed E-state index contributed by atoms with van der Waals surface area (Å²) >= 11 is 1.03. The molecule has 2 aliphatic rings. The maximum absolute atomic E-state index is 12.9. The number of fused-ring (bicyclic) bond motifs is 5. The van der Waals surface area contributed by atoms with Crippen molar-refractivity contribution in [3.8, 4) is 0 Å². The van der Waals surface area contributed by atoms with Gasteiger partial charge in [-0.25, -0.2) is 0 Å². The summed E-state index contributed by atoms with van der Waals surface area (Å²) in [4.78, 5) is 28.9. The van der Waals surface area contributed by atoms with Gasteiger partial charge in [-0.1, -0.05) is 22.7 Å². The van der Waals surface area contributed by atoms with E-state index in [1.54, 1.807) is 13.0 Å². The number of para-hydroxylation sites is 1. The molecule has 0 spiro atoms. The first-order valence-corrected chi connectivity index (χ1v) is 12.1. The van der Waals surface area contributed by atoms with Crippen molar-refractivity contribution in [3.05, 3.63) is 58.6 Å². The molecule has 3 aromatic rings. The molecule has 188 valence electrons. The molecule has 0 radical (unpaired) electrons. The van der Waals surface area contributed by atoms with E-state index in [0.29, 0.717) is 35.6 Å². The van der Waals surface area contributed by atoms with E-state index in [2.05, 4.69) is 25.1 Å². The van der Waals surface area contributed by atoms with Gasteiger partial charge in [0.2, 0.25) is 0 Å². The normalized spacial score (nSPS) is 19.0. The lowest BCUT2D eigenvalue weighted by Crippen LogP contribution is -2.49. The van der Waals surface area contributed by atoms with Gasteiger partial charge in [0.15, 0.2) is 0 Å². The first-order chi connectivity index (χ1) is 17.1. The third-order valence-electron chi connectivity index (χ3n) is 6.61. The highest BCUT2D eigenvalue weighted by atomic mass is 32.1. The molecule has 2 aliphatic heterocycles. The summed E-state index contributed by atoms with van der Waals surface area (Å²) in [6.45, 7) is 2.18. The molecule has 2 amide bonds. The molecular weight excluding hydrogens is 493 g/mol. The lowest BCUT2D eigenvalue weighted by atomic mass is 9.90. The van der Waals surface area contributed by atoms with Gasteiger partial charge in [0.05, 0.1) is 23.1 Å². The molecule has 12 heteroatoms. The lowest BCUT2D eigenvalue weighted by Gasteiger charge is -2.41. The summed E-state index contributed by atoms with van der Waals surface area (Å²) in [7, 11) is 1.92. The maximum Gasteiger partial charge on any atom is 0.471 e. The molecular formula is C24H23F3N6O2S. The van der Waals surface area contributed by atoms with Crippen molar-refractivity contribution in [2.24, 2.45) is 0 Å². The van der Waals surface area contributed by atoms with Crippen LogP contribution in [0, 0.1) is 6.92 Å². The van der Waals surface area contributed by atoms with Gasteiger partial charge in [-0.2, -0.15) is 13.2 Å². The lowest BCUT2D eigenvalue weighted by molar-refractivity contribution is -0.174. The van der Waals surface area contributed by atoms with Gasteiger partial charge in [-0.3, -0.25) is 9.59 Å². The Labute approximate surface area is 209 Å². The molecule has 2 aromatic carbocycles. The second-order valence-electron chi connectivity index (χ2n) is 8.86. The Morgan fingerprint density at radius 2 is 1.89 bits per heavy atom. The fraction of sp³-hybridized carbons (Fsp3) is 0.333. The van der Waals surface area contributed by atoms with E-state index < -0.39 is 18.1 Å². The van der Waals surface area contributed by atoms with Gasteiger partial charge in [-0.15, -0.1) is 5.10 Å². The second kappa shape index (κ2) is 9.08. The van der Waals surface area contributed by atoms with Crippen LogP contribution in [-0.4, -0.2) is 47.2 Å². The Hall–Kier alpha value is -3.67. The summed E-state index contributed by atoms with van der Waals surface area (Å²) < 4.78 is 42.4. The van der Waals surface area contributed by atoms with Crippen LogP contribution in [-0.2, 0) is 4.79 Å². The zero-order chi connectivity index (χ0) is 25.6. The van der Waals surface area contributed by atoms with E-state index in [1.807, 2.05) is 48.3 Å². The molecule has 0 unspecified atom stereocenters. The van der Waals surface area contributed by atoms with Crippen LogP contribution >= 0.6 is 11.5 Å². The number of alkyl halides is 3. The molecule has 1 aromatic heterocycles. The summed E-state index contributed by atoms with van der Waals surface area (Å²) in [6.07, 6.45) is -4.21. The number of hydrogen-bond acceptors (Lipinski definition) is 7. The minimum absolute atomic E-state index is 0.233. The number of benzene rings is 2. The highest BCUT2D eigenvalue weighted by molar-refractivity contribution is 7.08. The predicted molar refractivity (Wildman–Crippen MR) is 131 cm³/mol. The number of aromatic nitrogens is 2. The summed E-state index contributed by atoms with van der Waals surface area (Å²) in [5.41, 5.74) is 4.76. The minimum atomic E-state index is -4.92. The van der Waals surface area contributed by atoms with Crippen LogP contribution in [0.4, 0.5) is 35.9 Å². The number of aryl methyl sites for hydroxylation is 1. The summed E-state index contributed by atoms with van der Waals surface area (Å²) in [5.74, 6) is -2.20. The summed E-state index contributed by atoms with van der Waals surface area (Å²) in [5, 5.41) is 8.96. The van der Waals surface area contributed by atoms with E-state index in [1.165, 1.54) is 0 Å².